The third-order valence-corrected chi connectivity index (χ3v) is 4.16. The molecule has 2 unspecified atom stereocenters. The average molecular weight is 292 g/mol. The fourth-order valence-corrected chi connectivity index (χ4v) is 2.85. The van der Waals surface area contributed by atoms with Crippen LogP contribution < -0.4 is 5.32 Å². The maximum atomic E-state index is 11.2. The summed E-state index contributed by atoms with van der Waals surface area (Å²) in [6.07, 6.45) is 4.26. The number of aromatic carboxylic acids is 1. The number of aliphatic hydroxyl groups is 1. The molecule has 2 atom stereocenters. The molecule has 5 nitrogen and oxygen atoms in total. The number of pyridine rings is 1. The first-order chi connectivity index (χ1) is 10.0. The highest BCUT2D eigenvalue weighted by molar-refractivity contribution is 5.88. The van der Waals surface area contributed by atoms with Gasteiger partial charge in [0.15, 0.2) is 0 Å². The zero-order valence-electron chi connectivity index (χ0n) is 12.7. The lowest BCUT2D eigenvalue weighted by molar-refractivity contribution is 0.0696. The third kappa shape index (κ3) is 3.94. The number of hydrogen-bond acceptors (Lipinski definition) is 4. The highest BCUT2D eigenvalue weighted by Crippen LogP contribution is 2.27. The van der Waals surface area contributed by atoms with Crippen molar-refractivity contribution in [3.63, 3.8) is 0 Å². The highest BCUT2D eigenvalue weighted by atomic mass is 16.4. The summed E-state index contributed by atoms with van der Waals surface area (Å²) in [5.74, 6) is 0.0510. The Bertz CT molecular complexity index is 502. The Morgan fingerprint density at radius 3 is 2.71 bits per heavy atom. The molecule has 0 aliphatic heterocycles. The standard InChI is InChI=1S/C16H24N2O3/c1-10(2)14-7-12(16(20)21)8-15(18-14)17-13-6-4-3-5-11(13)9-19/h7-8,10-11,13,19H,3-6,9H2,1-2H3,(H,17,18)(H,20,21). The lowest BCUT2D eigenvalue weighted by Crippen LogP contribution is -2.34. The van der Waals surface area contributed by atoms with Crippen LogP contribution in [0.1, 0.15) is 61.5 Å². The maximum Gasteiger partial charge on any atom is 0.335 e. The Hall–Kier alpha value is -1.62. The number of anilines is 1. The molecule has 0 bridgehead atoms. The summed E-state index contributed by atoms with van der Waals surface area (Å²) < 4.78 is 0. The van der Waals surface area contributed by atoms with E-state index in [4.69, 9.17) is 0 Å². The number of carboxylic acids is 1. The first kappa shape index (κ1) is 15.8. The van der Waals surface area contributed by atoms with Crippen molar-refractivity contribution in [1.82, 2.24) is 4.98 Å². The van der Waals surface area contributed by atoms with Crippen molar-refractivity contribution in [3.05, 3.63) is 23.4 Å². The number of rotatable bonds is 5. The molecule has 2 rings (SSSR count). The van der Waals surface area contributed by atoms with Gasteiger partial charge in [0.05, 0.1) is 5.56 Å². The molecule has 3 N–H and O–H groups in total. The first-order valence-corrected chi connectivity index (χ1v) is 7.64. The number of hydrogen-bond donors (Lipinski definition) is 3. The molecule has 1 fully saturated rings. The average Bonchev–Trinajstić information content (AvgIpc) is 2.47. The van der Waals surface area contributed by atoms with Crippen molar-refractivity contribution < 1.29 is 15.0 Å². The van der Waals surface area contributed by atoms with Gasteiger partial charge in [0.1, 0.15) is 5.82 Å². The summed E-state index contributed by atoms with van der Waals surface area (Å²) in [7, 11) is 0. The van der Waals surface area contributed by atoms with Gasteiger partial charge in [0.25, 0.3) is 0 Å². The second kappa shape index (κ2) is 6.89. The van der Waals surface area contributed by atoms with E-state index in [2.05, 4.69) is 10.3 Å². The Morgan fingerprint density at radius 1 is 1.38 bits per heavy atom. The minimum atomic E-state index is -0.940. The summed E-state index contributed by atoms with van der Waals surface area (Å²) in [5.41, 5.74) is 1.03. The van der Waals surface area contributed by atoms with Gasteiger partial charge in [-0.3, -0.25) is 0 Å². The zero-order valence-corrected chi connectivity index (χ0v) is 12.7. The largest absolute Gasteiger partial charge is 0.478 e. The Labute approximate surface area is 125 Å². The van der Waals surface area contributed by atoms with Gasteiger partial charge in [-0.05, 0) is 30.9 Å². The van der Waals surface area contributed by atoms with E-state index in [0.717, 1.165) is 31.4 Å². The molecular formula is C16H24N2O3. The predicted octanol–water partition coefficient (Wildman–Crippen LogP) is 2.87. The van der Waals surface area contributed by atoms with Crippen LogP contribution in [0, 0.1) is 5.92 Å². The Balaban J connectivity index is 2.23. The number of carboxylic acid groups (broad SMARTS) is 1. The number of nitrogens with zero attached hydrogens (tertiary/aromatic N) is 1. The van der Waals surface area contributed by atoms with Crippen LogP contribution in [-0.2, 0) is 0 Å². The monoisotopic (exact) mass is 292 g/mol. The van der Waals surface area contributed by atoms with Crippen LogP contribution in [0.5, 0.6) is 0 Å². The summed E-state index contributed by atoms with van der Waals surface area (Å²) in [6, 6.07) is 3.38. The van der Waals surface area contributed by atoms with Crippen LogP contribution in [0.3, 0.4) is 0 Å². The molecule has 0 aromatic carbocycles. The number of aromatic nitrogens is 1. The van der Waals surface area contributed by atoms with Gasteiger partial charge >= 0.3 is 5.97 Å². The highest BCUT2D eigenvalue weighted by Gasteiger charge is 2.25. The van der Waals surface area contributed by atoms with E-state index in [0.29, 0.717) is 5.82 Å². The Kier molecular flexibility index (Phi) is 5.17. The molecular weight excluding hydrogens is 268 g/mol. The van der Waals surface area contributed by atoms with Crippen LogP contribution in [0.25, 0.3) is 0 Å². The summed E-state index contributed by atoms with van der Waals surface area (Å²) in [6.45, 7) is 4.15. The van der Waals surface area contributed by atoms with Crippen molar-refractivity contribution in [2.24, 2.45) is 5.92 Å². The van der Waals surface area contributed by atoms with Gasteiger partial charge in [-0.2, -0.15) is 0 Å². The van der Waals surface area contributed by atoms with E-state index in [9.17, 15) is 15.0 Å². The normalized spacial score (nSPS) is 22.3. The molecule has 0 spiro atoms. The minimum Gasteiger partial charge on any atom is -0.478 e. The molecule has 0 saturated heterocycles. The van der Waals surface area contributed by atoms with E-state index in [1.807, 2.05) is 13.8 Å². The second-order valence-corrected chi connectivity index (χ2v) is 6.10. The summed E-state index contributed by atoms with van der Waals surface area (Å²) in [4.78, 5) is 15.8. The molecule has 21 heavy (non-hydrogen) atoms. The molecule has 1 aliphatic rings. The molecule has 5 heteroatoms. The van der Waals surface area contributed by atoms with Crippen molar-refractivity contribution in [2.45, 2.75) is 51.5 Å². The van der Waals surface area contributed by atoms with Crippen LogP contribution in [0.4, 0.5) is 5.82 Å². The fourth-order valence-electron chi connectivity index (χ4n) is 2.85. The molecule has 1 aromatic heterocycles. The third-order valence-electron chi connectivity index (χ3n) is 4.16. The number of aliphatic hydroxyl groups excluding tert-OH is 1. The lowest BCUT2D eigenvalue weighted by atomic mass is 9.85. The molecule has 1 aromatic rings. The smallest absolute Gasteiger partial charge is 0.335 e. The molecule has 1 heterocycles. The van der Waals surface area contributed by atoms with E-state index >= 15 is 0 Å². The first-order valence-electron chi connectivity index (χ1n) is 7.64. The van der Waals surface area contributed by atoms with Crippen molar-refractivity contribution >= 4 is 11.8 Å². The second-order valence-electron chi connectivity index (χ2n) is 6.10. The lowest BCUT2D eigenvalue weighted by Gasteiger charge is -2.31. The van der Waals surface area contributed by atoms with Gasteiger partial charge in [-0.15, -0.1) is 0 Å². The maximum absolute atomic E-state index is 11.2. The van der Waals surface area contributed by atoms with Gasteiger partial charge in [0.2, 0.25) is 0 Å². The van der Waals surface area contributed by atoms with E-state index in [1.54, 1.807) is 12.1 Å². The van der Waals surface area contributed by atoms with Crippen LogP contribution in [-0.4, -0.2) is 33.8 Å². The van der Waals surface area contributed by atoms with Crippen molar-refractivity contribution in [2.75, 3.05) is 11.9 Å². The van der Waals surface area contributed by atoms with Crippen molar-refractivity contribution in [3.8, 4) is 0 Å². The van der Waals surface area contributed by atoms with Gasteiger partial charge < -0.3 is 15.5 Å². The quantitative estimate of drug-likeness (QED) is 0.777. The Morgan fingerprint density at radius 2 is 2.10 bits per heavy atom. The summed E-state index contributed by atoms with van der Waals surface area (Å²) in [5, 5.41) is 22.0. The van der Waals surface area contributed by atoms with Crippen LogP contribution >= 0.6 is 0 Å². The molecule has 116 valence electrons. The molecule has 0 radical (unpaired) electrons. The fraction of sp³-hybridized carbons (Fsp3) is 0.625. The zero-order chi connectivity index (χ0) is 15.4. The van der Waals surface area contributed by atoms with E-state index < -0.39 is 5.97 Å². The van der Waals surface area contributed by atoms with E-state index in [-0.39, 0.29) is 30.0 Å². The SMILES string of the molecule is CC(C)c1cc(C(=O)O)cc(NC2CCCCC2CO)n1. The number of nitrogens with one attached hydrogen (secondary N) is 1. The van der Waals surface area contributed by atoms with Crippen LogP contribution in [0.15, 0.2) is 12.1 Å². The van der Waals surface area contributed by atoms with Gasteiger partial charge in [-0.1, -0.05) is 26.7 Å². The topological polar surface area (TPSA) is 82.5 Å². The minimum absolute atomic E-state index is 0.160. The predicted molar refractivity (Wildman–Crippen MR) is 81.7 cm³/mol. The molecule has 1 aliphatic carbocycles. The van der Waals surface area contributed by atoms with Gasteiger partial charge in [0, 0.05) is 24.3 Å². The van der Waals surface area contributed by atoms with E-state index in [1.165, 1.54) is 0 Å². The molecule has 0 amide bonds. The summed E-state index contributed by atoms with van der Waals surface area (Å²) >= 11 is 0. The van der Waals surface area contributed by atoms with Gasteiger partial charge in [-0.25, -0.2) is 9.78 Å². The number of carbonyl (C=O) groups is 1. The molecule has 1 saturated carbocycles. The van der Waals surface area contributed by atoms with Crippen LogP contribution in [0.2, 0.25) is 0 Å². The van der Waals surface area contributed by atoms with Crippen molar-refractivity contribution in [1.29, 1.82) is 0 Å².